The molecule has 0 saturated carbocycles. The summed E-state index contributed by atoms with van der Waals surface area (Å²) in [5.74, 6) is -0.143. The Kier molecular flexibility index (Phi) is 5.02. The molecule has 0 spiro atoms. The molecule has 0 unspecified atom stereocenters. The maximum absolute atomic E-state index is 12.0. The minimum absolute atomic E-state index is 0.0152. The number of thioether (sulfide) groups is 1. The van der Waals surface area contributed by atoms with Gasteiger partial charge in [-0.05, 0) is 6.92 Å². The summed E-state index contributed by atoms with van der Waals surface area (Å²) in [4.78, 5) is 29.3. The first-order chi connectivity index (χ1) is 9.61. The van der Waals surface area contributed by atoms with Crippen LogP contribution in [0.15, 0.2) is 16.0 Å². The molecule has 110 valence electrons. The quantitative estimate of drug-likeness (QED) is 0.618. The molecular formula is C12H17N3O4S. The predicted molar refractivity (Wildman–Crippen MR) is 74.0 cm³/mol. The fraction of sp³-hybridized carbons (Fsp3) is 0.583. The van der Waals surface area contributed by atoms with E-state index in [1.54, 1.807) is 4.90 Å². The van der Waals surface area contributed by atoms with Crippen LogP contribution in [-0.4, -0.2) is 57.5 Å². The Morgan fingerprint density at radius 1 is 1.50 bits per heavy atom. The van der Waals surface area contributed by atoms with E-state index in [0.29, 0.717) is 38.0 Å². The topological polar surface area (TPSA) is 84.7 Å². The van der Waals surface area contributed by atoms with Crippen LogP contribution in [0.1, 0.15) is 6.92 Å². The number of carbonyl (C=O) groups is 1. The number of nitrogens with zero attached hydrogens (tertiary/aromatic N) is 3. The normalized spacial score (nSPS) is 15.3. The summed E-state index contributed by atoms with van der Waals surface area (Å²) < 4.78 is 6.62. The largest absolute Gasteiger partial charge is 0.493 e. The zero-order chi connectivity index (χ0) is 14.5. The van der Waals surface area contributed by atoms with Gasteiger partial charge in [0.15, 0.2) is 5.16 Å². The fourth-order valence-corrected chi connectivity index (χ4v) is 2.87. The molecule has 1 aliphatic heterocycles. The van der Waals surface area contributed by atoms with Crippen LogP contribution in [0.5, 0.6) is 5.88 Å². The molecule has 2 rings (SSSR count). The third-order valence-electron chi connectivity index (χ3n) is 2.96. The van der Waals surface area contributed by atoms with E-state index in [4.69, 9.17) is 4.74 Å². The monoisotopic (exact) mass is 299 g/mol. The number of aromatic hydroxyl groups is 1. The lowest BCUT2D eigenvalue weighted by atomic mass is 10.4. The summed E-state index contributed by atoms with van der Waals surface area (Å²) in [5, 5.41) is 9.74. The van der Waals surface area contributed by atoms with Gasteiger partial charge in [0.05, 0.1) is 25.0 Å². The van der Waals surface area contributed by atoms with Crippen molar-refractivity contribution in [3.05, 3.63) is 16.4 Å². The molecular weight excluding hydrogens is 282 g/mol. The Morgan fingerprint density at radius 2 is 2.20 bits per heavy atom. The maximum Gasteiger partial charge on any atom is 0.257 e. The second-order valence-corrected chi connectivity index (χ2v) is 5.20. The summed E-state index contributed by atoms with van der Waals surface area (Å²) in [5.41, 5.74) is -0.318. The third kappa shape index (κ3) is 3.51. The van der Waals surface area contributed by atoms with Crippen molar-refractivity contribution < 1.29 is 14.6 Å². The first-order valence-corrected chi connectivity index (χ1v) is 7.39. The molecule has 1 aromatic rings. The number of amides is 1. The van der Waals surface area contributed by atoms with E-state index in [1.165, 1.54) is 4.57 Å². The van der Waals surface area contributed by atoms with Gasteiger partial charge in [-0.15, -0.1) is 0 Å². The molecule has 1 saturated heterocycles. The average Bonchev–Trinajstić information content (AvgIpc) is 2.45. The SMILES string of the molecule is CCn1c(SCC(=O)N2CCOCC2)nc(O)cc1=O. The molecule has 1 fully saturated rings. The molecule has 1 aliphatic rings. The minimum Gasteiger partial charge on any atom is -0.493 e. The second-order valence-electron chi connectivity index (χ2n) is 4.26. The Hall–Kier alpha value is -1.54. The van der Waals surface area contributed by atoms with E-state index in [2.05, 4.69) is 4.98 Å². The number of rotatable bonds is 4. The second kappa shape index (κ2) is 6.76. The van der Waals surface area contributed by atoms with E-state index in [-0.39, 0.29) is 23.1 Å². The number of carbonyl (C=O) groups excluding carboxylic acids is 1. The van der Waals surface area contributed by atoms with Gasteiger partial charge in [-0.2, -0.15) is 4.98 Å². The zero-order valence-electron chi connectivity index (χ0n) is 11.2. The highest BCUT2D eigenvalue weighted by molar-refractivity contribution is 7.99. The number of hydrogen-bond acceptors (Lipinski definition) is 6. The molecule has 7 nitrogen and oxygen atoms in total. The first-order valence-electron chi connectivity index (χ1n) is 6.41. The van der Waals surface area contributed by atoms with Crippen LogP contribution in [0, 0.1) is 0 Å². The summed E-state index contributed by atoms with van der Waals surface area (Å²) >= 11 is 1.16. The van der Waals surface area contributed by atoms with E-state index < -0.39 is 0 Å². The van der Waals surface area contributed by atoms with E-state index >= 15 is 0 Å². The molecule has 1 amide bonds. The van der Waals surface area contributed by atoms with Gasteiger partial charge in [0.1, 0.15) is 0 Å². The van der Waals surface area contributed by atoms with Crippen LogP contribution < -0.4 is 5.56 Å². The number of ether oxygens (including phenoxy) is 1. The van der Waals surface area contributed by atoms with Gasteiger partial charge < -0.3 is 14.7 Å². The molecule has 0 aliphatic carbocycles. The van der Waals surface area contributed by atoms with Gasteiger partial charge >= 0.3 is 0 Å². The van der Waals surface area contributed by atoms with E-state index in [0.717, 1.165) is 17.8 Å². The Balaban J connectivity index is 2.03. The highest BCUT2D eigenvalue weighted by Crippen LogP contribution is 2.17. The molecule has 0 radical (unpaired) electrons. The third-order valence-corrected chi connectivity index (χ3v) is 3.93. The minimum atomic E-state index is -0.318. The van der Waals surface area contributed by atoms with Crippen LogP contribution in [0.4, 0.5) is 0 Å². The predicted octanol–water partition coefficient (Wildman–Crippen LogP) is -0.0803. The lowest BCUT2D eigenvalue weighted by Gasteiger charge is -2.26. The molecule has 2 heterocycles. The number of aromatic nitrogens is 2. The van der Waals surface area contributed by atoms with Gasteiger partial charge in [-0.25, -0.2) is 0 Å². The van der Waals surface area contributed by atoms with Gasteiger partial charge in [0.2, 0.25) is 11.8 Å². The lowest BCUT2D eigenvalue weighted by molar-refractivity contribution is -0.132. The summed E-state index contributed by atoms with van der Waals surface area (Å²) in [6.45, 7) is 4.55. The summed E-state index contributed by atoms with van der Waals surface area (Å²) in [6, 6.07) is 1.07. The van der Waals surface area contributed by atoms with Crippen molar-refractivity contribution >= 4 is 17.7 Å². The molecule has 1 N–H and O–H groups in total. The zero-order valence-corrected chi connectivity index (χ0v) is 12.1. The van der Waals surface area contributed by atoms with Gasteiger partial charge in [-0.3, -0.25) is 14.2 Å². The number of hydrogen-bond donors (Lipinski definition) is 1. The van der Waals surface area contributed by atoms with Crippen molar-refractivity contribution in [2.45, 2.75) is 18.6 Å². The van der Waals surface area contributed by atoms with Crippen molar-refractivity contribution in [1.82, 2.24) is 14.5 Å². The van der Waals surface area contributed by atoms with E-state index in [9.17, 15) is 14.7 Å². The van der Waals surface area contributed by atoms with Gasteiger partial charge in [0.25, 0.3) is 5.56 Å². The standard InChI is InChI=1S/C12H17N3O4S/c1-2-15-10(17)7-9(16)13-12(15)20-8-11(18)14-3-5-19-6-4-14/h7,16H,2-6,8H2,1H3. The molecule has 20 heavy (non-hydrogen) atoms. The molecule has 0 atom stereocenters. The van der Waals surface area contributed by atoms with Crippen molar-refractivity contribution in [1.29, 1.82) is 0 Å². The van der Waals surface area contributed by atoms with Crippen LogP contribution in [0.25, 0.3) is 0 Å². The van der Waals surface area contributed by atoms with Gasteiger partial charge in [0, 0.05) is 19.6 Å². The van der Waals surface area contributed by atoms with Crippen LogP contribution in [-0.2, 0) is 16.1 Å². The Morgan fingerprint density at radius 3 is 2.85 bits per heavy atom. The Labute approximate surface area is 120 Å². The highest BCUT2D eigenvalue weighted by atomic mass is 32.2. The first kappa shape index (κ1) is 14.9. The fourth-order valence-electron chi connectivity index (χ4n) is 1.90. The van der Waals surface area contributed by atoms with Crippen molar-refractivity contribution in [2.24, 2.45) is 0 Å². The smallest absolute Gasteiger partial charge is 0.257 e. The van der Waals surface area contributed by atoms with Crippen molar-refractivity contribution in [3.8, 4) is 5.88 Å². The Bertz CT molecular complexity index is 540. The molecule has 0 aromatic carbocycles. The van der Waals surface area contributed by atoms with Crippen LogP contribution in [0.2, 0.25) is 0 Å². The summed E-state index contributed by atoms with van der Waals surface area (Å²) in [6.07, 6.45) is 0. The van der Waals surface area contributed by atoms with Crippen molar-refractivity contribution in [2.75, 3.05) is 32.1 Å². The molecule has 1 aromatic heterocycles. The van der Waals surface area contributed by atoms with Crippen molar-refractivity contribution in [3.63, 3.8) is 0 Å². The van der Waals surface area contributed by atoms with Crippen LogP contribution in [0.3, 0.4) is 0 Å². The molecule has 8 heteroatoms. The number of morpholine rings is 1. The summed E-state index contributed by atoms with van der Waals surface area (Å²) in [7, 11) is 0. The highest BCUT2D eigenvalue weighted by Gasteiger charge is 2.18. The lowest BCUT2D eigenvalue weighted by Crippen LogP contribution is -2.41. The average molecular weight is 299 g/mol. The maximum atomic E-state index is 12.0. The van der Waals surface area contributed by atoms with Gasteiger partial charge in [-0.1, -0.05) is 11.8 Å². The molecule has 0 bridgehead atoms. The van der Waals surface area contributed by atoms with Crippen LogP contribution >= 0.6 is 11.8 Å². The van der Waals surface area contributed by atoms with E-state index in [1.807, 2.05) is 6.92 Å².